The van der Waals surface area contributed by atoms with Crippen molar-refractivity contribution in [2.45, 2.75) is 13.3 Å². The van der Waals surface area contributed by atoms with Gasteiger partial charge in [0.2, 0.25) is 0 Å². The zero-order valence-electron chi connectivity index (χ0n) is 7.51. The molecule has 0 N–H and O–H groups in total. The van der Waals surface area contributed by atoms with Gasteiger partial charge >= 0.3 is 0 Å². The van der Waals surface area contributed by atoms with Gasteiger partial charge in [0, 0.05) is 0 Å². The van der Waals surface area contributed by atoms with Crippen molar-refractivity contribution in [3.05, 3.63) is 60.2 Å². The lowest BCUT2D eigenvalue weighted by Gasteiger charge is -2.04. The van der Waals surface area contributed by atoms with Crippen molar-refractivity contribution in [1.29, 1.82) is 0 Å². The maximum Gasteiger partial charge on any atom is -0.00292 e. The van der Waals surface area contributed by atoms with E-state index in [-0.39, 0.29) is 0 Å². The third kappa shape index (κ3) is 2.09. The lowest BCUT2D eigenvalue weighted by atomic mass is 10.0. The average molecular weight is 158 g/mol. The van der Waals surface area contributed by atoms with E-state index in [0.29, 0.717) is 0 Å². The van der Waals surface area contributed by atoms with Crippen LogP contribution in [0.4, 0.5) is 0 Å². The molecule has 1 aromatic carbocycles. The summed E-state index contributed by atoms with van der Waals surface area (Å²) < 4.78 is 0. The Bertz CT molecular complexity index is 295. The molecule has 0 heteroatoms. The Morgan fingerprint density at radius 1 is 1.42 bits per heavy atom. The Morgan fingerprint density at radius 3 is 2.67 bits per heavy atom. The van der Waals surface area contributed by atoms with Crippen LogP contribution < -0.4 is 0 Å². The van der Waals surface area contributed by atoms with Gasteiger partial charge in [0.25, 0.3) is 0 Å². The minimum atomic E-state index is 0.913. The topological polar surface area (TPSA) is 0 Å². The highest BCUT2D eigenvalue weighted by atomic mass is 14.0. The first-order chi connectivity index (χ1) is 5.74. The van der Waals surface area contributed by atoms with Crippen molar-refractivity contribution in [2.24, 2.45) is 0 Å². The van der Waals surface area contributed by atoms with Gasteiger partial charge in [-0.2, -0.15) is 0 Å². The van der Waals surface area contributed by atoms with Crippen LogP contribution in [0.5, 0.6) is 0 Å². The smallest absolute Gasteiger partial charge is 0.00292 e. The predicted molar refractivity (Wildman–Crippen MR) is 54.2 cm³/mol. The highest BCUT2D eigenvalue weighted by Crippen LogP contribution is 2.11. The highest BCUT2D eigenvalue weighted by molar-refractivity contribution is 5.31. The maximum atomic E-state index is 3.89. The molecule has 0 spiro atoms. The molecule has 0 aliphatic rings. The van der Waals surface area contributed by atoms with Crippen LogP contribution in [0, 0.1) is 6.92 Å². The van der Waals surface area contributed by atoms with E-state index in [9.17, 15) is 0 Å². The van der Waals surface area contributed by atoms with Crippen molar-refractivity contribution >= 4 is 0 Å². The Kier molecular flexibility index (Phi) is 2.87. The normalized spacial score (nSPS) is 9.42. The molecule has 0 nitrogen and oxygen atoms in total. The van der Waals surface area contributed by atoms with Crippen LogP contribution >= 0.6 is 0 Å². The molecule has 1 aromatic rings. The monoisotopic (exact) mass is 158 g/mol. The molecular formula is C12H14. The molecule has 0 heterocycles. The third-order valence-electron chi connectivity index (χ3n) is 1.97. The molecule has 0 aliphatic carbocycles. The first kappa shape index (κ1) is 8.79. The summed E-state index contributed by atoms with van der Waals surface area (Å²) in [7, 11) is 0. The Hall–Kier alpha value is -1.30. The van der Waals surface area contributed by atoms with E-state index in [4.69, 9.17) is 0 Å². The van der Waals surface area contributed by atoms with Crippen LogP contribution in [0.1, 0.15) is 11.1 Å². The van der Waals surface area contributed by atoms with Crippen LogP contribution in [-0.2, 0) is 6.42 Å². The van der Waals surface area contributed by atoms with Gasteiger partial charge < -0.3 is 0 Å². The van der Waals surface area contributed by atoms with Gasteiger partial charge in [-0.1, -0.05) is 49.1 Å². The van der Waals surface area contributed by atoms with Crippen LogP contribution in [0.15, 0.2) is 49.1 Å². The molecule has 0 unspecified atom stereocenters. The molecule has 12 heavy (non-hydrogen) atoms. The van der Waals surface area contributed by atoms with Gasteiger partial charge in [-0.3, -0.25) is 0 Å². The van der Waals surface area contributed by atoms with Gasteiger partial charge in [-0.05, 0) is 24.5 Å². The fourth-order valence-corrected chi connectivity index (χ4v) is 1.13. The van der Waals surface area contributed by atoms with Crippen LogP contribution in [-0.4, -0.2) is 0 Å². The minimum Gasteiger partial charge on any atom is -0.0988 e. The van der Waals surface area contributed by atoms with Crippen molar-refractivity contribution in [1.82, 2.24) is 0 Å². The van der Waals surface area contributed by atoms with E-state index >= 15 is 0 Å². The fraction of sp³-hybridized carbons (Fsp3) is 0.167. The fourth-order valence-electron chi connectivity index (χ4n) is 1.13. The average Bonchev–Trinajstić information content (AvgIpc) is 2.09. The van der Waals surface area contributed by atoms with E-state index in [1.165, 1.54) is 11.1 Å². The molecule has 62 valence electrons. The number of allylic oxidation sites excluding steroid dienone is 2. The SMILES string of the molecule is C=CC(=C)Cc1ccccc1C. The second-order valence-electron chi connectivity index (χ2n) is 2.97. The molecular weight excluding hydrogens is 144 g/mol. The summed E-state index contributed by atoms with van der Waals surface area (Å²) in [6.45, 7) is 9.70. The lowest BCUT2D eigenvalue weighted by molar-refractivity contribution is 1.17. The zero-order chi connectivity index (χ0) is 8.97. The van der Waals surface area contributed by atoms with E-state index in [1.54, 1.807) is 0 Å². The lowest BCUT2D eigenvalue weighted by Crippen LogP contribution is -1.89. The molecule has 0 radical (unpaired) electrons. The predicted octanol–water partition coefficient (Wildman–Crippen LogP) is 3.28. The van der Waals surface area contributed by atoms with Crippen molar-refractivity contribution < 1.29 is 0 Å². The summed E-state index contributed by atoms with van der Waals surface area (Å²) in [5.74, 6) is 0. The Morgan fingerprint density at radius 2 is 2.08 bits per heavy atom. The van der Waals surface area contributed by atoms with Crippen LogP contribution in [0.3, 0.4) is 0 Å². The van der Waals surface area contributed by atoms with E-state index in [0.717, 1.165) is 12.0 Å². The first-order valence-electron chi connectivity index (χ1n) is 4.08. The van der Waals surface area contributed by atoms with Crippen molar-refractivity contribution in [3.8, 4) is 0 Å². The molecule has 1 rings (SSSR count). The molecule has 0 aromatic heterocycles. The quantitative estimate of drug-likeness (QED) is 0.592. The molecule has 0 saturated heterocycles. The summed E-state index contributed by atoms with van der Waals surface area (Å²) in [5, 5.41) is 0. The number of hydrogen-bond acceptors (Lipinski definition) is 0. The number of hydrogen-bond donors (Lipinski definition) is 0. The Balaban J connectivity index is 2.82. The second-order valence-corrected chi connectivity index (χ2v) is 2.97. The van der Waals surface area contributed by atoms with Gasteiger partial charge in [-0.15, -0.1) is 0 Å². The van der Waals surface area contributed by atoms with Gasteiger partial charge in [0.15, 0.2) is 0 Å². The molecule has 0 fully saturated rings. The van der Waals surface area contributed by atoms with Crippen LogP contribution in [0.25, 0.3) is 0 Å². The van der Waals surface area contributed by atoms with Gasteiger partial charge in [0.1, 0.15) is 0 Å². The van der Waals surface area contributed by atoms with Gasteiger partial charge in [0.05, 0.1) is 0 Å². The van der Waals surface area contributed by atoms with E-state index in [1.807, 2.05) is 6.08 Å². The zero-order valence-corrected chi connectivity index (χ0v) is 7.51. The summed E-state index contributed by atoms with van der Waals surface area (Å²) in [5.41, 5.74) is 3.73. The van der Waals surface area contributed by atoms with Gasteiger partial charge in [-0.25, -0.2) is 0 Å². The van der Waals surface area contributed by atoms with Crippen molar-refractivity contribution in [2.75, 3.05) is 0 Å². The molecule has 0 saturated carbocycles. The summed E-state index contributed by atoms with van der Waals surface area (Å²) >= 11 is 0. The van der Waals surface area contributed by atoms with Crippen molar-refractivity contribution in [3.63, 3.8) is 0 Å². The molecule has 0 aliphatic heterocycles. The summed E-state index contributed by atoms with van der Waals surface area (Å²) in [6.07, 6.45) is 2.72. The molecule has 0 amide bonds. The van der Waals surface area contributed by atoms with E-state index < -0.39 is 0 Å². The Labute approximate surface area is 74.2 Å². The maximum absolute atomic E-state index is 3.89. The molecule has 0 bridgehead atoms. The summed E-state index contributed by atoms with van der Waals surface area (Å²) in [4.78, 5) is 0. The van der Waals surface area contributed by atoms with Crippen LogP contribution in [0.2, 0.25) is 0 Å². The number of rotatable bonds is 3. The number of aryl methyl sites for hydroxylation is 1. The first-order valence-corrected chi connectivity index (χ1v) is 4.08. The van der Waals surface area contributed by atoms with E-state index in [2.05, 4.69) is 44.3 Å². The molecule has 0 atom stereocenters. The highest BCUT2D eigenvalue weighted by Gasteiger charge is 1.96. The summed E-state index contributed by atoms with van der Waals surface area (Å²) in [6, 6.07) is 8.35. The largest absolute Gasteiger partial charge is 0.0988 e. The number of benzene rings is 1. The second kappa shape index (κ2) is 3.91. The standard InChI is InChI=1S/C12H14/c1-4-10(2)9-12-8-6-5-7-11(12)3/h4-8H,1-2,9H2,3H3. The minimum absolute atomic E-state index is 0.913. The third-order valence-corrected chi connectivity index (χ3v) is 1.97.